The number of para-hydroxylation sites is 2. The number of carbonyl (C=O) groups excluding carboxylic acids is 1. The molecular weight excluding hydrogens is 400 g/mol. The number of hydrogen-bond donors (Lipinski definition) is 2. The fourth-order valence-corrected chi connectivity index (χ4v) is 3.38. The Bertz CT molecular complexity index is 979. The minimum Gasteiger partial charge on any atom is -0.496 e. The van der Waals surface area contributed by atoms with Crippen molar-refractivity contribution >= 4 is 35.0 Å². The monoisotopic (exact) mass is 418 g/mol. The number of thioether (sulfide) groups is 1. The van der Waals surface area contributed by atoms with Gasteiger partial charge in [0, 0.05) is 5.02 Å². The summed E-state index contributed by atoms with van der Waals surface area (Å²) in [5.74, 6) is 1.56. The van der Waals surface area contributed by atoms with E-state index in [2.05, 4.69) is 20.5 Å². The molecule has 3 aromatic rings. The Morgan fingerprint density at radius 1 is 1.18 bits per heavy atom. The van der Waals surface area contributed by atoms with Crippen molar-refractivity contribution in [2.75, 3.05) is 19.5 Å². The van der Waals surface area contributed by atoms with Crippen molar-refractivity contribution in [3.05, 3.63) is 47.5 Å². The summed E-state index contributed by atoms with van der Waals surface area (Å²) in [6.07, 6.45) is 0. The molecular formula is C19H19ClN4O3S. The first-order valence-electron chi connectivity index (χ1n) is 8.38. The van der Waals surface area contributed by atoms with Crippen LogP contribution in [-0.2, 0) is 4.79 Å². The largest absolute Gasteiger partial charge is 0.496 e. The number of carbonyl (C=O) groups is 1. The van der Waals surface area contributed by atoms with E-state index in [0.29, 0.717) is 38.8 Å². The molecule has 0 aliphatic carbocycles. The van der Waals surface area contributed by atoms with Crippen molar-refractivity contribution in [3.8, 4) is 22.9 Å². The number of nitrogens with one attached hydrogen (secondary N) is 2. The van der Waals surface area contributed by atoms with Gasteiger partial charge in [0.05, 0.1) is 30.7 Å². The Labute approximate surface area is 171 Å². The molecule has 1 atom stereocenters. The van der Waals surface area contributed by atoms with Gasteiger partial charge in [0.15, 0.2) is 5.82 Å². The van der Waals surface area contributed by atoms with E-state index in [4.69, 9.17) is 21.1 Å². The second-order valence-corrected chi connectivity index (χ2v) is 7.51. The summed E-state index contributed by atoms with van der Waals surface area (Å²) in [6, 6.07) is 12.5. The van der Waals surface area contributed by atoms with E-state index in [1.54, 1.807) is 51.5 Å². The van der Waals surface area contributed by atoms with Crippen molar-refractivity contribution < 1.29 is 14.3 Å². The van der Waals surface area contributed by atoms with Crippen molar-refractivity contribution in [2.45, 2.75) is 17.3 Å². The number of nitrogens with zero attached hydrogens (tertiary/aromatic N) is 2. The summed E-state index contributed by atoms with van der Waals surface area (Å²) in [6.45, 7) is 1.78. The Balaban J connectivity index is 1.71. The van der Waals surface area contributed by atoms with Crippen LogP contribution in [0.5, 0.6) is 11.5 Å². The van der Waals surface area contributed by atoms with E-state index in [9.17, 15) is 4.79 Å². The Kier molecular flexibility index (Phi) is 6.43. The quantitative estimate of drug-likeness (QED) is 0.557. The average molecular weight is 419 g/mol. The molecule has 7 nitrogen and oxygen atoms in total. The highest BCUT2D eigenvalue weighted by molar-refractivity contribution is 8.00. The molecule has 1 heterocycles. The lowest BCUT2D eigenvalue weighted by molar-refractivity contribution is -0.115. The molecule has 0 saturated carbocycles. The van der Waals surface area contributed by atoms with Crippen LogP contribution < -0.4 is 14.8 Å². The Hall–Kier alpha value is -2.71. The molecule has 1 aromatic heterocycles. The summed E-state index contributed by atoms with van der Waals surface area (Å²) in [4.78, 5) is 17.0. The molecule has 3 rings (SSSR count). The fourth-order valence-electron chi connectivity index (χ4n) is 2.48. The van der Waals surface area contributed by atoms with E-state index in [1.165, 1.54) is 11.8 Å². The normalized spacial score (nSPS) is 11.7. The minimum atomic E-state index is -0.421. The minimum absolute atomic E-state index is 0.179. The van der Waals surface area contributed by atoms with Gasteiger partial charge in [-0.2, -0.15) is 0 Å². The van der Waals surface area contributed by atoms with Crippen LogP contribution in [0.25, 0.3) is 11.4 Å². The molecule has 0 radical (unpaired) electrons. The molecule has 0 saturated heterocycles. The van der Waals surface area contributed by atoms with Crippen LogP contribution in [0.3, 0.4) is 0 Å². The highest BCUT2D eigenvalue weighted by atomic mass is 35.5. The summed E-state index contributed by atoms with van der Waals surface area (Å²) in [5, 5.41) is 10.5. The van der Waals surface area contributed by atoms with Crippen LogP contribution in [0.15, 0.2) is 47.6 Å². The van der Waals surface area contributed by atoms with Gasteiger partial charge in [0.2, 0.25) is 11.1 Å². The lowest BCUT2D eigenvalue weighted by Crippen LogP contribution is -2.22. The van der Waals surface area contributed by atoms with E-state index in [-0.39, 0.29) is 5.91 Å². The van der Waals surface area contributed by atoms with Crippen LogP contribution >= 0.6 is 23.4 Å². The number of amides is 1. The van der Waals surface area contributed by atoms with Gasteiger partial charge in [-0.1, -0.05) is 35.5 Å². The van der Waals surface area contributed by atoms with Crippen LogP contribution in [0, 0.1) is 0 Å². The first-order chi connectivity index (χ1) is 13.5. The SMILES string of the molecule is COc1ccccc1NC(=O)C(C)Sc1n[nH]c(-c2cc(Cl)ccc2OC)n1. The maximum absolute atomic E-state index is 12.5. The maximum atomic E-state index is 12.5. The molecule has 28 heavy (non-hydrogen) atoms. The zero-order chi connectivity index (χ0) is 20.1. The number of rotatable bonds is 7. The second-order valence-electron chi connectivity index (χ2n) is 5.76. The summed E-state index contributed by atoms with van der Waals surface area (Å²) < 4.78 is 10.6. The molecule has 9 heteroatoms. The first kappa shape index (κ1) is 20.0. The summed E-state index contributed by atoms with van der Waals surface area (Å²) in [5.41, 5.74) is 1.31. The molecule has 0 aliphatic rings. The predicted molar refractivity (Wildman–Crippen MR) is 110 cm³/mol. The molecule has 0 aliphatic heterocycles. The van der Waals surface area contributed by atoms with Gasteiger partial charge < -0.3 is 14.8 Å². The molecule has 0 spiro atoms. The smallest absolute Gasteiger partial charge is 0.237 e. The number of ether oxygens (including phenoxy) is 2. The number of hydrogen-bond acceptors (Lipinski definition) is 6. The standard InChI is InChI=1S/C19H19ClN4O3S/c1-11(18(25)21-14-6-4-5-7-16(14)27-3)28-19-22-17(23-24-19)13-10-12(20)8-9-15(13)26-2/h4-11H,1-3H3,(H,21,25)(H,22,23,24). The van der Waals surface area contributed by atoms with Crippen molar-refractivity contribution in [1.29, 1.82) is 0 Å². The highest BCUT2D eigenvalue weighted by Gasteiger charge is 2.19. The third-order valence-corrected chi connectivity index (χ3v) is 5.09. The zero-order valence-corrected chi connectivity index (χ0v) is 17.1. The van der Waals surface area contributed by atoms with E-state index < -0.39 is 5.25 Å². The van der Waals surface area contributed by atoms with Crippen LogP contribution in [-0.4, -0.2) is 40.6 Å². The molecule has 1 amide bonds. The summed E-state index contributed by atoms with van der Waals surface area (Å²) in [7, 11) is 3.13. The van der Waals surface area contributed by atoms with Crippen LogP contribution in [0.4, 0.5) is 5.69 Å². The fraction of sp³-hybridized carbons (Fsp3) is 0.211. The van der Waals surface area contributed by atoms with Gasteiger partial charge >= 0.3 is 0 Å². The van der Waals surface area contributed by atoms with Gasteiger partial charge in [-0.3, -0.25) is 9.89 Å². The van der Waals surface area contributed by atoms with Crippen LogP contribution in [0.2, 0.25) is 5.02 Å². The number of aromatic nitrogens is 3. The number of aromatic amines is 1. The van der Waals surface area contributed by atoms with Gasteiger partial charge in [0.1, 0.15) is 11.5 Å². The highest BCUT2D eigenvalue weighted by Crippen LogP contribution is 2.32. The zero-order valence-electron chi connectivity index (χ0n) is 15.5. The topological polar surface area (TPSA) is 89.1 Å². The maximum Gasteiger partial charge on any atom is 0.237 e. The molecule has 1 unspecified atom stereocenters. The molecule has 2 aromatic carbocycles. The van der Waals surface area contributed by atoms with E-state index in [1.807, 2.05) is 12.1 Å². The molecule has 0 bridgehead atoms. The van der Waals surface area contributed by atoms with Gasteiger partial charge in [-0.15, -0.1) is 5.10 Å². The third-order valence-electron chi connectivity index (χ3n) is 3.90. The first-order valence-corrected chi connectivity index (χ1v) is 9.64. The van der Waals surface area contributed by atoms with Crippen molar-refractivity contribution in [3.63, 3.8) is 0 Å². The molecule has 0 fully saturated rings. The van der Waals surface area contributed by atoms with E-state index in [0.717, 1.165) is 0 Å². The summed E-state index contributed by atoms with van der Waals surface area (Å²) >= 11 is 7.31. The predicted octanol–water partition coefficient (Wildman–Crippen LogP) is 4.26. The number of methoxy groups -OCH3 is 2. The number of anilines is 1. The lowest BCUT2D eigenvalue weighted by Gasteiger charge is -2.12. The number of halogens is 1. The van der Waals surface area contributed by atoms with Gasteiger partial charge in [-0.05, 0) is 37.3 Å². The molecule has 2 N–H and O–H groups in total. The second kappa shape index (κ2) is 8.99. The van der Waals surface area contributed by atoms with E-state index >= 15 is 0 Å². The number of benzene rings is 2. The van der Waals surface area contributed by atoms with Crippen molar-refractivity contribution in [2.24, 2.45) is 0 Å². The van der Waals surface area contributed by atoms with Gasteiger partial charge in [-0.25, -0.2) is 4.98 Å². The Morgan fingerprint density at radius 2 is 1.93 bits per heavy atom. The van der Waals surface area contributed by atoms with Crippen molar-refractivity contribution in [1.82, 2.24) is 15.2 Å². The Morgan fingerprint density at radius 3 is 2.68 bits per heavy atom. The molecule has 146 valence electrons. The van der Waals surface area contributed by atoms with Gasteiger partial charge in [0.25, 0.3) is 0 Å². The van der Waals surface area contributed by atoms with Crippen LogP contribution in [0.1, 0.15) is 6.92 Å². The third kappa shape index (κ3) is 4.58. The lowest BCUT2D eigenvalue weighted by atomic mass is 10.2. The average Bonchev–Trinajstić information content (AvgIpc) is 3.16. The number of H-pyrrole nitrogens is 1.